The van der Waals surface area contributed by atoms with E-state index in [9.17, 15) is 0 Å². The monoisotopic (exact) mass is 446 g/mol. The van der Waals surface area contributed by atoms with Crippen LogP contribution in [0, 0.1) is 0 Å². The lowest BCUT2D eigenvalue weighted by atomic mass is 10.1. The van der Waals surface area contributed by atoms with Crippen LogP contribution in [0.4, 0.5) is 0 Å². The van der Waals surface area contributed by atoms with Gasteiger partial charge in [0, 0.05) is 38.2 Å². The van der Waals surface area contributed by atoms with Crippen molar-refractivity contribution in [1.82, 2.24) is 9.38 Å². The van der Waals surface area contributed by atoms with E-state index in [4.69, 9.17) is 4.98 Å². The van der Waals surface area contributed by atoms with Gasteiger partial charge in [0.1, 0.15) is 0 Å². The third-order valence-corrected chi connectivity index (χ3v) is 5.69. The van der Waals surface area contributed by atoms with Gasteiger partial charge < -0.3 is 0 Å². The highest BCUT2D eigenvalue weighted by Gasteiger charge is 2.08. The van der Waals surface area contributed by atoms with Gasteiger partial charge in [-0.2, -0.15) is 0 Å². The van der Waals surface area contributed by atoms with Crippen LogP contribution in [0.5, 0.6) is 0 Å². The molecule has 5 heteroatoms. The number of fused-ring (bicyclic) bond motifs is 1. The maximum absolute atomic E-state index is 4.75. The summed E-state index contributed by atoms with van der Waals surface area (Å²) in [6.45, 7) is 0. The summed E-state index contributed by atoms with van der Waals surface area (Å²) in [5.74, 6) is 0. The summed E-state index contributed by atoms with van der Waals surface area (Å²) in [5, 5.41) is 0. The zero-order chi connectivity index (χ0) is 15.8. The Bertz CT molecular complexity index is 922. The molecule has 114 valence electrons. The van der Waals surface area contributed by atoms with Crippen LogP contribution < -0.4 is 0 Å². The molecule has 0 amide bonds. The molecule has 0 unspecified atom stereocenters. The van der Waals surface area contributed by atoms with E-state index >= 15 is 0 Å². The van der Waals surface area contributed by atoms with Crippen LogP contribution in [0.1, 0.15) is 10.4 Å². The first-order chi connectivity index (χ1) is 11.2. The van der Waals surface area contributed by atoms with Crippen molar-refractivity contribution >= 4 is 48.2 Å². The van der Waals surface area contributed by atoms with Gasteiger partial charge >= 0.3 is 0 Å². The molecule has 0 saturated heterocycles. The van der Waals surface area contributed by atoms with Crippen molar-refractivity contribution in [3.05, 3.63) is 80.3 Å². The van der Waals surface area contributed by atoms with E-state index in [1.165, 1.54) is 10.4 Å². The van der Waals surface area contributed by atoms with Crippen molar-refractivity contribution in [2.24, 2.45) is 0 Å². The summed E-state index contributed by atoms with van der Waals surface area (Å²) in [7, 11) is 0. The van der Waals surface area contributed by atoms with Crippen molar-refractivity contribution in [3.8, 4) is 11.3 Å². The Kier molecular flexibility index (Phi) is 4.09. The summed E-state index contributed by atoms with van der Waals surface area (Å²) in [5.41, 5.74) is 3.46. The number of aromatic nitrogens is 2. The fraction of sp³-hybridized carbons (Fsp3) is 0.0556. The molecular formula is C18H12Br2N2S. The third kappa shape index (κ3) is 3.27. The first kappa shape index (κ1) is 15.1. The highest BCUT2D eigenvalue weighted by molar-refractivity contribution is 9.10. The van der Waals surface area contributed by atoms with Gasteiger partial charge in [0.25, 0.3) is 0 Å². The number of thiazole rings is 1. The van der Waals surface area contributed by atoms with Gasteiger partial charge in [0.2, 0.25) is 0 Å². The predicted molar refractivity (Wildman–Crippen MR) is 103 cm³/mol. The van der Waals surface area contributed by atoms with Crippen molar-refractivity contribution in [2.45, 2.75) is 6.42 Å². The quantitative estimate of drug-likeness (QED) is 0.366. The highest BCUT2D eigenvalue weighted by atomic mass is 79.9. The van der Waals surface area contributed by atoms with Crippen LogP contribution in [-0.4, -0.2) is 9.38 Å². The molecule has 4 rings (SSSR count). The van der Waals surface area contributed by atoms with Gasteiger partial charge in [-0.05, 0) is 29.8 Å². The number of rotatable bonds is 3. The Morgan fingerprint density at radius 3 is 2.17 bits per heavy atom. The zero-order valence-electron chi connectivity index (χ0n) is 12.0. The van der Waals surface area contributed by atoms with E-state index in [1.54, 1.807) is 11.3 Å². The molecule has 2 nitrogen and oxygen atoms in total. The second kappa shape index (κ2) is 6.23. The van der Waals surface area contributed by atoms with Crippen molar-refractivity contribution in [1.29, 1.82) is 0 Å². The largest absolute Gasteiger partial charge is 0.297 e. The van der Waals surface area contributed by atoms with Crippen LogP contribution in [0.15, 0.2) is 69.9 Å². The van der Waals surface area contributed by atoms with Gasteiger partial charge in [-0.1, -0.05) is 56.1 Å². The molecule has 0 N–H and O–H groups in total. The van der Waals surface area contributed by atoms with E-state index < -0.39 is 0 Å². The number of nitrogens with zero attached hydrogens (tertiary/aromatic N) is 2. The van der Waals surface area contributed by atoms with Crippen molar-refractivity contribution < 1.29 is 0 Å². The predicted octanol–water partition coefficient (Wildman–Crippen LogP) is 6.18. The van der Waals surface area contributed by atoms with Gasteiger partial charge in [-0.3, -0.25) is 4.40 Å². The third-order valence-electron chi connectivity index (χ3n) is 3.64. The molecule has 0 aliphatic carbocycles. The van der Waals surface area contributed by atoms with Gasteiger partial charge in [0.05, 0.1) is 5.69 Å². The molecule has 0 fully saturated rings. The molecule has 4 aromatic rings. The standard InChI is InChI=1S/C18H12Br2N2S/c19-14-5-1-12(2-6-14)9-16-10-22-11-17(21-18(22)23-16)13-3-7-15(20)8-4-13/h1-8,10-11H,9H2. The molecule has 0 aliphatic heterocycles. The molecule has 0 atom stereocenters. The Balaban J connectivity index is 1.61. The molecular weight excluding hydrogens is 436 g/mol. The average molecular weight is 448 g/mol. The number of halogens is 2. The lowest BCUT2D eigenvalue weighted by molar-refractivity contribution is 1.16. The van der Waals surface area contributed by atoms with Crippen LogP contribution in [0.25, 0.3) is 16.2 Å². The SMILES string of the molecule is Brc1ccc(Cc2cn3cc(-c4ccc(Br)cc4)nc3s2)cc1. The van der Waals surface area contributed by atoms with Crippen LogP contribution >= 0.6 is 43.2 Å². The fourth-order valence-corrected chi connectivity index (χ4v) is 4.01. The zero-order valence-corrected chi connectivity index (χ0v) is 16.0. The molecule has 0 saturated carbocycles. The molecule has 0 radical (unpaired) electrons. The van der Waals surface area contributed by atoms with Crippen LogP contribution in [-0.2, 0) is 6.42 Å². The number of imidazole rings is 1. The minimum atomic E-state index is 0.939. The number of benzene rings is 2. The summed E-state index contributed by atoms with van der Waals surface area (Å²) in [4.78, 5) is 7.10. The molecule has 23 heavy (non-hydrogen) atoms. The lowest BCUT2D eigenvalue weighted by Crippen LogP contribution is -1.84. The summed E-state index contributed by atoms with van der Waals surface area (Å²) in [6, 6.07) is 16.7. The fourth-order valence-electron chi connectivity index (χ4n) is 2.49. The Hall–Kier alpha value is -1.43. The minimum absolute atomic E-state index is 0.939. The van der Waals surface area contributed by atoms with E-state index in [1.807, 2.05) is 12.1 Å². The second-order valence-electron chi connectivity index (χ2n) is 5.32. The summed E-state index contributed by atoms with van der Waals surface area (Å²) in [6.07, 6.45) is 5.21. The second-order valence-corrected chi connectivity index (χ2v) is 8.25. The summed E-state index contributed by atoms with van der Waals surface area (Å²) < 4.78 is 4.32. The van der Waals surface area contributed by atoms with Gasteiger partial charge in [-0.15, -0.1) is 11.3 Å². The summed E-state index contributed by atoms with van der Waals surface area (Å²) >= 11 is 8.68. The molecule has 2 aromatic carbocycles. The number of hydrogen-bond acceptors (Lipinski definition) is 2. The molecule has 0 bridgehead atoms. The van der Waals surface area contributed by atoms with Crippen molar-refractivity contribution in [3.63, 3.8) is 0 Å². The first-order valence-electron chi connectivity index (χ1n) is 7.15. The van der Waals surface area contributed by atoms with E-state index in [0.717, 1.165) is 31.6 Å². The van der Waals surface area contributed by atoms with E-state index in [-0.39, 0.29) is 0 Å². The van der Waals surface area contributed by atoms with Crippen LogP contribution in [0.2, 0.25) is 0 Å². The van der Waals surface area contributed by atoms with E-state index in [0.29, 0.717) is 0 Å². The van der Waals surface area contributed by atoms with Crippen LogP contribution in [0.3, 0.4) is 0 Å². The Morgan fingerprint density at radius 2 is 1.52 bits per heavy atom. The molecule has 2 aromatic heterocycles. The Morgan fingerprint density at radius 1 is 0.870 bits per heavy atom. The van der Waals surface area contributed by atoms with E-state index in [2.05, 4.69) is 85.1 Å². The molecule has 0 aliphatic rings. The van der Waals surface area contributed by atoms with Crippen molar-refractivity contribution in [2.75, 3.05) is 0 Å². The smallest absolute Gasteiger partial charge is 0.194 e. The average Bonchev–Trinajstić information content (AvgIpc) is 3.09. The first-order valence-corrected chi connectivity index (χ1v) is 9.55. The van der Waals surface area contributed by atoms with Gasteiger partial charge in [-0.25, -0.2) is 4.98 Å². The minimum Gasteiger partial charge on any atom is -0.297 e. The Labute approximate surface area is 155 Å². The molecule has 2 heterocycles. The normalized spacial score (nSPS) is 11.2. The topological polar surface area (TPSA) is 17.3 Å². The van der Waals surface area contributed by atoms with Gasteiger partial charge in [0.15, 0.2) is 4.96 Å². The number of hydrogen-bond donors (Lipinski definition) is 0. The maximum Gasteiger partial charge on any atom is 0.194 e. The maximum atomic E-state index is 4.75. The highest BCUT2D eigenvalue weighted by Crippen LogP contribution is 2.26. The lowest BCUT2D eigenvalue weighted by Gasteiger charge is -1.98. The molecule has 0 spiro atoms.